The molecule has 2 aliphatic carbocycles. The molecular weight excluding hydrogens is 241 g/mol. The molecular formula is C16H18FNO. The normalized spacial score (nSPS) is 28.7. The van der Waals surface area contributed by atoms with Gasteiger partial charge in [0.2, 0.25) is 0 Å². The molecule has 2 aliphatic rings. The van der Waals surface area contributed by atoms with Crippen molar-refractivity contribution in [3.8, 4) is 6.07 Å². The Kier molecular flexibility index (Phi) is 2.87. The standard InChI is InChI=1S/C16H18FNO/c17-13-4-5-14-12(10-13)6-9-16(14,19)15(11-18)7-2-1-3-8-15/h4-5,10,19H,1-3,6-9H2. The number of aryl methyl sites for hydroxylation is 1. The topological polar surface area (TPSA) is 44.0 Å². The number of rotatable bonds is 1. The molecule has 1 aromatic rings. The second-order valence-corrected chi connectivity index (χ2v) is 5.92. The van der Waals surface area contributed by atoms with E-state index in [1.807, 2.05) is 0 Å². The van der Waals surface area contributed by atoms with Gasteiger partial charge in [0.15, 0.2) is 0 Å². The van der Waals surface area contributed by atoms with E-state index >= 15 is 0 Å². The fourth-order valence-electron chi connectivity index (χ4n) is 3.89. The summed E-state index contributed by atoms with van der Waals surface area (Å²) >= 11 is 0. The lowest BCUT2D eigenvalue weighted by molar-refractivity contribution is -0.0774. The van der Waals surface area contributed by atoms with Crippen LogP contribution in [0.25, 0.3) is 0 Å². The van der Waals surface area contributed by atoms with Gasteiger partial charge in [-0.25, -0.2) is 4.39 Å². The van der Waals surface area contributed by atoms with Crippen LogP contribution in [0.2, 0.25) is 0 Å². The average molecular weight is 259 g/mol. The van der Waals surface area contributed by atoms with Gasteiger partial charge < -0.3 is 5.11 Å². The number of fused-ring (bicyclic) bond motifs is 1. The Bertz CT molecular complexity index is 542. The molecule has 1 N–H and O–H groups in total. The van der Waals surface area contributed by atoms with Crippen molar-refractivity contribution in [1.82, 2.24) is 0 Å². The van der Waals surface area contributed by atoms with Crippen molar-refractivity contribution in [2.24, 2.45) is 5.41 Å². The van der Waals surface area contributed by atoms with Gasteiger partial charge in [0, 0.05) is 0 Å². The molecule has 3 rings (SSSR count). The second kappa shape index (κ2) is 4.31. The minimum atomic E-state index is -1.09. The van der Waals surface area contributed by atoms with Crippen LogP contribution in [-0.2, 0) is 12.0 Å². The molecule has 1 aromatic carbocycles. The lowest BCUT2D eigenvalue weighted by atomic mass is 9.62. The van der Waals surface area contributed by atoms with E-state index in [-0.39, 0.29) is 5.82 Å². The Morgan fingerprint density at radius 2 is 1.89 bits per heavy atom. The monoisotopic (exact) mass is 259 g/mol. The number of halogens is 1. The van der Waals surface area contributed by atoms with Crippen LogP contribution >= 0.6 is 0 Å². The third kappa shape index (κ3) is 1.70. The third-order valence-corrected chi connectivity index (χ3v) is 4.98. The van der Waals surface area contributed by atoms with Crippen LogP contribution in [0, 0.1) is 22.6 Å². The summed E-state index contributed by atoms with van der Waals surface area (Å²) in [6.45, 7) is 0. The van der Waals surface area contributed by atoms with E-state index in [9.17, 15) is 14.8 Å². The number of aliphatic hydroxyl groups is 1. The number of hydrogen-bond donors (Lipinski definition) is 1. The Hall–Kier alpha value is -1.40. The summed E-state index contributed by atoms with van der Waals surface area (Å²) in [5, 5.41) is 20.8. The molecule has 1 atom stereocenters. The van der Waals surface area contributed by atoms with E-state index in [0.717, 1.165) is 43.2 Å². The number of nitrogens with zero attached hydrogens (tertiary/aromatic N) is 1. The molecule has 0 saturated heterocycles. The van der Waals surface area contributed by atoms with Gasteiger partial charge in [0.1, 0.15) is 11.4 Å². The molecule has 3 heteroatoms. The first-order valence-corrected chi connectivity index (χ1v) is 7.04. The zero-order valence-electron chi connectivity index (χ0n) is 11.0. The Labute approximate surface area is 112 Å². The molecule has 1 fully saturated rings. The summed E-state index contributed by atoms with van der Waals surface area (Å²) in [7, 11) is 0. The van der Waals surface area contributed by atoms with Crippen molar-refractivity contribution in [2.75, 3.05) is 0 Å². The Morgan fingerprint density at radius 3 is 2.58 bits per heavy atom. The molecule has 0 aromatic heterocycles. The van der Waals surface area contributed by atoms with Crippen molar-refractivity contribution in [3.05, 3.63) is 35.1 Å². The fourth-order valence-corrected chi connectivity index (χ4v) is 3.89. The molecule has 19 heavy (non-hydrogen) atoms. The highest BCUT2D eigenvalue weighted by atomic mass is 19.1. The first kappa shape index (κ1) is 12.6. The molecule has 0 amide bonds. The molecule has 1 saturated carbocycles. The fraction of sp³-hybridized carbons (Fsp3) is 0.562. The van der Waals surface area contributed by atoms with Gasteiger partial charge in [0.25, 0.3) is 0 Å². The zero-order chi connectivity index (χ0) is 13.5. The van der Waals surface area contributed by atoms with Crippen LogP contribution in [0.1, 0.15) is 49.7 Å². The largest absolute Gasteiger partial charge is 0.383 e. The summed E-state index contributed by atoms with van der Waals surface area (Å²) in [4.78, 5) is 0. The van der Waals surface area contributed by atoms with Gasteiger partial charge in [0.05, 0.1) is 11.5 Å². The van der Waals surface area contributed by atoms with Gasteiger partial charge in [-0.1, -0.05) is 25.3 Å². The highest BCUT2D eigenvalue weighted by Gasteiger charge is 2.54. The lowest BCUT2D eigenvalue weighted by Crippen LogP contribution is -2.44. The average Bonchev–Trinajstić information content (AvgIpc) is 2.78. The van der Waals surface area contributed by atoms with E-state index < -0.39 is 11.0 Å². The van der Waals surface area contributed by atoms with Crippen LogP contribution in [-0.4, -0.2) is 5.11 Å². The smallest absolute Gasteiger partial charge is 0.123 e. The zero-order valence-corrected chi connectivity index (χ0v) is 11.0. The first-order valence-electron chi connectivity index (χ1n) is 7.04. The van der Waals surface area contributed by atoms with E-state index in [1.54, 1.807) is 6.07 Å². The maximum absolute atomic E-state index is 13.3. The van der Waals surface area contributed by atoms with Crippen molar-refractivity contribution >= 4 is 0 Å². The quantitative estimate of drug-likeness (QED) is 0.839. The van der Waals surface area contributed by atoms with Gasteiger partial charge >= 0.3 is 0 Å². The molecule has 0 heterocycles. The van der Waals surface area contributed by atoms with Gasteiger partial charge in [-0.2, -0.15) is 5.26 Å². The predicted molar refractivity (Wildman–Crippen MR) is 69.7 cm³/mol. The SMILES string of the molecule is N#CC1(C2(O)CCc3cc(F)ccc32)CCCCC1. The van der Waals surface area contributed by atoms with Gasteiger partial charge in [-0.15, -0.1) is 0 Å². The van der Waals surface area contributed by atoms with E-state index in [1.165, 1.54) is 12.1 Å². The molecule has 1 unspecified atom stereocenters. The van der Waals surface area contributed by atoms with Crippen LogP contribution in [0.5, 0.6) is 0 Å². The maximum Gasteiger partial charge on any atom is 0.123 e. The summed E-state index contributed by atoms with van der Waals surface area (Å²) in [5.41, 5.74) is -0.139. The molecule has 0 aliphatic heterocycles. The minimum Gasteiger partial charge on any atom is -0.383 e. The second-order valence-electron chi connectivity index (χ2n) is 5.92. The number of hydrogen-bond acceptors (Lipinski definition) is 2. The molecule has 2 nitrogen and oxygen atoms in total. The third-order valence-electron chi connectivity index (χ3n) is 4.98. The summed E-state index contributed by atoms with van der Waals surface area (Å²) in [5.74, 6) is -0.266. The van der Waals surface area contributed by atoms with Crippen molar-refractivity contribution < 1.29 is 9.50 Å². The van der Waals surface area contributed by atoms with Gasteiger partial charge in [-0.3, -0.25) is 0 Å². The lowest BCUT2D eigenvalue weighted by Gasteiger charge is -2.43. The first-order chi connectivity index (χ1) is 9.11. The van der Waals surface area contributed by atoms with Gasteiger partial charge in [-0.05, 0) is 48.9 Å². The number of benzene rings is 1. The molecule has 0 bridgehead atoms. The van der Waals surface area contributed by atoms with E-state index in [0.29, 0.717) is 12.8 Å². The van der Waals surface area contributed by atoms with Crippen LogP contribution in [0.4, 0.5) is 4.39 Å². The summed E-state index contributed by atoms with van der Waals surface area (Å²) in [6, 6.07) is 6.98. The summed E-state index contributed by atoms with van der Waals surface area (Å²) < 4.78 is 13.3. The molecule has 0 radical (unpaired) electrons. The van der Waals surface area contributed by atoms with E-state index in [2.05, 4.69) is 6.07 Å². The summed E-state index contributed by atoms with van der Waals surface area (Å²) in [6.07, 6.45) is 5.81. The van der Waals surface area contributed by atoms with Crippen molar-refractivity contribution in [1.29, 1.82) is 5.26 Å². The van der Waals surface area contributed by atoms with E-state index in [4.69, 9.17) is 0 Å². The van der Waals surface area contributed by atoms with Crippen molar-refractivity contribution in [2.45, 2.75) is 50.5 Å². The van der Waals surface area contributed by atoms with Crippen molar-refractivity contribution in [3.63, 3.8) is 0 Å². The van der Waals surface area contributed by atoms with Crippen LogP contribution < -0.4 is 0 Å². The minimum absolute atomic E-state index is 0.266. The number of nitriles is 1. The van der Waals surface area contributed by atoms with Crippen LogP contribution in [0.15, 0.2) is 18.2 Å². The van der Waals surface area contributed by atoms with Crippen LogP contribution in [0.3, 0.4) is 0 Å². The highest BCUT2D eigenvalue weighted by molar-refractivity contribution is 5.41. The molecule has 0 spiro atoms. The Morgan fingerprint density at radius 1 is 1.16 bits per heavy atom. The maximum atomic E-state index is 13.3. The molecule has 100 valence electrons. The Balaban J connectivity index is 2.08. The predicted octanol–water partition coefficient (Wildman–Crippen LogP) is 3.43. The highest BCUT2D eigenvalue weighted by Crippen LogP contribution is 2.55.